The highest BCUT2D eigenvalue weighted by atomic mass is 16.5. The van der Waals surface area contributed by atoms with Crippen molar-refractivity contribution in [1.29, 1.82) is 0 Å². The van der Waals surface area contributed by atoms with Gasteiger partial charge >= 0.3 is 0 Å². The summed E-state index contributed by atoms with van der Waals surface area (Å²) in [7, 11) is 0. The SMILES string of the molecule is NC1C2CCC(O2)C1c1cnco1. The highest BCUT2D eigenvalue weighted by Gasteiger charge is 2.49. The van der Waals surface area contributed by atoms with Gasteiger partial charge in [0, 0.05) is 6.04 Å². The van der Waals surface area contributed by atoms with Crippen molar-refractivity contribution in [2.75, 3.05) is 0 Å². The largest absolute Gasteiger partial charge is 0.448 e. The van der Waals surface area contributed by atoms with Gasteiger partial charge in [0.15, 0.2) is 6.39 Å². The zero-order chi connectivity index (χ0) is 8.84. The van der Waals surface area contributed by atoms with Gasteiger partial charge in [-0.25, -0.2) is 4.98 Å². The van der Waals surface area contributed by atoms with Gasteiger partial charge in [0.25, 0.3) is 0 Å². The van der Waals surface area contributed by atoms with Gasteiger partial charge in [-0.3, -0.25) is 0 Å². The molecular weight excluding hydrogens is 168 g/mol. The number of nitrogens with two attached hydrogens (primary N) is 1. The molecule has 4 heteroatoms. The Hall–Kier alpha value is -0.870. The summed E-state index contributed by atoms with van der Waals surface area (Å²) in [5, 5.41) is 0. The van der Waals surface area contributed by atoms with Crippen molar-refractivity contribution in [3.63, 3.8) is 0 Å². The lowest BCUT2D eigenvalue weighted by Crippen LogP contribution is -2.37. The fourth-order valence-electron chi connectivity index (χ4n) is 2.48. The van der Waals surface area contributed by atoms with Gasteiger partial charge in [-0.05, 0) is 12.8 Å². The van der Waals surface area contributed by atoms with Crippen LogP contribution in [0.5, 0.6) is 0 Å². The van der Waals surface area contributed by atoms with Crippen LogP contribution in [0.15, 0.2) is 17.0 Å². The second-order valence-corrected chi connectivity index (χ2v) is 3.80. The van der Waals surface area contributed by atoms with E-state index in [0.717, 1.165) is 18.6 Å². The Balaban J connectivity index is 1.93. The first-order valence-corrected chi connectivity index (χ1v) is 4.65. The molecule has 13 heavy (non-hydrogen) atoms. The molecule has 0 amide bonds. The van der Waals surface area contributed by atoms with Gasteiger partial charge in [0.2, 0.25) is 0 Å². The van der Waals surface area contributed by atoms with E-state index in [2.05, 4.69) is 4.98 Å². The summed E-state index contributed by atoms with van der Waals surface area (Å²) in [6.45, 7) is 0. The van der Waals surface area contributed by atoms with Crippen LogP contribution in [0.4, 0.5) is 0 Å². The van der Waals surface area contributed by atoms with Crippen molar-refractivity contribution in [2.24, 2.45) is 5.73 Å². The Morgan fingerprint density at radius 1 is 1.38 bits per heavy atom. The number of oxazole rings is 1. The minimum absolute atomic E-state index is 0.0895. The van der Waals surface area contributed by atoms with E-state index in [1.807, 2.05) is 0 Å². The third-order valence-corrected chi connectivity index (χ3v) is 3.11. The van der Waals surface area contributed by atoms with Crippen LogP contribution in [0.2, 0.25) is 0 Å². The second-order valence-electron chi connectivity index (χ2n) is 3.80. The molecule has 2 N–H and O–H groups in total. The average Bonchev–Trinajstić information content (AvgIpc) is 2.76. The molecule has 0 saturated carbocycles. The molecule has 1 aromatic heterocycles. The molecule has 70 valence electrons. The van der Waals surface area contributed by atoms with Crippen LogP contribution in [0.1, 0.15) is 24.5 Å². The second kappa shape index (κ2) is 2.56. The van der Waals surface area contributed by atoms with E-state index in [-0.39, 0.29) is 24.2 Å². The van der Waals surface area contributed by atoms with Crippen LogP contribution >= 0.6 is 0 Å². The summed E-state index contributed by atoms with van der Waals surface area (Å²) in [6, 6.07) is 0.0895. The molecule has 0 aromatic carbocycles. The summed E-state index contributed by atoms with van der Waals surface area (Å²) >= 11 is 0. The average molecular weight is 180 g/mol. The van der Waals surface area contributed by atoms with Crippen LogP contribution < -0.4 is 5.73 Å². The molecule has 0 radical (unpaired) electrons. The third-order valence-electron chi connectivity index (χ3n) is 3.11. The highest BCUT2D eigenvalue weighted by molar-refractivity contribution is 5.15. The van der Waals surface area contributed by atoms with Crippen molar-refractivity contribution < 1.29 is 9.15 Å². The maximum atomic E-state index is 6.04. The summed E-state index contributed by atoms with van der Waals surface area (Å²) in [5.41, 5.74) is 6.04. The van der Waals surface area contributed by atoms with E-state index in [9.17, 15) is 0 Å². The number of rotatable bonds is 1. The number of aromatic nitrogens is 1. The lowest BCUT2D eigenvalue weighted by molar-refractivity contribution is 0.0961. The smallest absolute Gasteiger partial charge is 0.180 e. The van der Waals surface area contributed by atoms with E-state index >= 15 is 0 Å². The maximum absolute atomic E-state index is 6.04. The lowest BCUT2D eigenvalue weighted by Gasteiger charge is -2.21. The van der Waals surface area contributed by atoms with Crippen LogP contribution in [-0.4, -0.2) is 23.2 Å². The minimum Gasteiger partial charge on any atom is -0.448 e. The van der Waals surface area contributed by atoms with Gasteiger partial charge in [-0.15, -0.1) is 0 Å². The zero-order valence-corrected chi connectivity index (χ0v) is 7.22. The highest BCUT2D eigenvalue weighted by Crippen LogP contribution is 2.43. The van der Waals surface area contributed by atoms with Crippen molar-refractivity contribution in [2.45, 2.75) is 37.0 Å². The molecule has 2 fully saturated rings. The molecule has 2 aliphatic rings. The molecule has 4 unspecified atom stereocenters. The predicted octanol–water partition coefficient (Wildman–Crippen LogP) is 0.647. The molecule has 4 nitrogen and oxygen atoms in total. The number of nitrogens with zero attached hydrogens (tertiary/aromatic N) is 1. The number of ether oxygens (including phenoxy) is 1. The zero-order valence-electron chi connectivity index (χ0n) is 7.22. The van der Waals surface area contributed by atoms with Gasteiger partial charge in [-0.1, -0.05) is 0 Å². The molecule has 3 heterocycles. The van der Waals surface area contributed by atoms with E-state index < -0.39 is 0 Å². The Morgan fingerprint density at radius 3 is 2.85 bits per heavy atom. The molecule has 0 spiro atoms. The third kappa shape index (κ3) is 0.957. The molecule has 0 aliphatic carbocycles. The Bertz CT molecular complexity index is 297. The van der Waals surface area contributed by atoms with Crippen LogP contribution in [-0.2, 0) is 4.74 Å². The first-order valence-electron chi connectivity index (χ1n) is 4.65. The lowest BCUT2D eigenvalue weighted by atomic mass is 9.84. The normalized spacial score (nSPS) is 42.8. The summed E-state index contributed by atoms with van der Waals surface area (Å²) in [6.07, 6.45) is 5.89. The van der Waals surface area contributed by atoms with Gasteiger partial charge < -0.3 is 14.9 Å². The Kier molecular flexibility index (Phi) is 1.48. The topological polar surface area (TPSA) is 61.3 Å². The summed E-state index contributed by atoms with van der Waals surface area (Å²) in [5.74, 6) is 1.10. The Labute approximate surface area is 76.1 Å². The maximum Gasteiger partial charge on any atom is 0.180 e. The fourth-order valence-corrected chi connectivity index (χ4v) is 2.48. The first-order chi connectivity index (χ1) is 6.36. The molecule has 3 rings (SSSR count). The minimum atomic E-state index is 0.0895. The Morgan fingerprint density at radius 2 is 2.23 bits per heavy atom. The van der Waals surface area contributed by atoms with E-state index in [4.69, 9.17) is 14.9 Å². The van der Waals surface area contributed by atoms with Crippen molar-refractivity contribution in [3.8, 4) is 0 Å². The molecule has 1 aromatic rings. The monoisotopic (exact) mass is 180 g/mol. The van der Waals surface area contributed by atoms with Gasteiger partial charge in [-0.2, -0.15) is 0 Å². The molecule has 2 saturated heterocycles. The van der Waals surface area contributed by atoms with Crippen molar-refractivity contribution in [1.82, 2.24) is 4.98 Å². The van der Waals surface area contributed by atoms with Crippen molar-refractivity contribution >= 4 is 0 Å². The van der Waals surface area contributed by atoms with E-state index in [1.165, 1.54) is 6.39 Å². The van der Waals surface area contributed by atoms with Crippen molar-refractivity contribution in [3.05, 3.63) is 18.4 Å². The predicted molar refractivity (Wildman–Crippen MR) is 45.1 cm³/mol. The molecule has 4 atom stereocenters. The van der Waals surface area contributed by atoms with Gasteiger partial charge in [0.1, 0.15) is 5.76 Å². The van der Waals surface area contributed by atoms with Crippen LogP contribution in [0.3, 0.4) is 0 Å². The first kappa shape index (κ1) is 7.53. The summed E-state index contributed by atoms with van der Waals surface area (Å²) in [4.78, 5) is 3.91. The molecule has 2 aliphatic heterocycles. The standard InChI is InChI=1S/C9H12N2O2/c10-9-6-2-1-5(13-6)8(9)7-3-11-4-12-7/h3-6,8-9H,1-2,10H2. The number of hydrogen-bond donors (Lipinski definition) is 1. The van der Waals surface area contributed by atoms with E-state index in [0.29, 0.717) is 0 Å². The number of fused-ring (bicyclic) bond motifs is 2. The van der Waals surface area contributed by atoms with Gasteiger partial charge in [0.05, 0.1) is 24.3 Å². The molecular formula is C9H12N2O2. The summed E-state index contributed by atoms with van der Waals surface area (Å²) < 4.78 is 11.0. The molecule has 2 bridgehead atoms. The van der Waals surface area contributed by atoms with E-state index in [1.54, 1.807) is 6.20 Å². The van der Waals surface area contributed by atoms with Crippen LogP contribution in [0.25, 0.3) is 0 Å². The quantitative estimate of drug-likeness (QED) is 0.689. The van der Waals surface area contributed by atoms with Crippen LogP contribution in [0, 0.1) is 0 Å². The number of hydrogen-bond acceptors (Lipinski definition) is 4. The fraction of sp³-hybridized carbons (Fsp3) is 0.667.